The molecule has 1 heterocycles. The van der Waals surface area contributed by atoms with Gasteiger partial charge in [0.25, 0.3) is 11.5 Å². The lowest BCUT2D eigenvalue weighted by Gasteiger charge is -2.15. The first-order valence-electron chi connectivity index (χ1n) is 6.82. The molecule has 116 valence electrons. The fourth-order valence-electron chi connectivity index (χ4n) is 2.09. The number of carbonyl (C=O) groups excluding carboxylic acids is 1. The lowest BCUT2D eigenvalue weighted by Crippen LogP contribution is -2.32. The molecule has 2 aromatic rings. The number of nitrogens with one attached hydrogen (secondary N) is 2. The Bertz CT molecular complexity index is 724. The van der Waals surface area contributed by atoms with Gasteiger partial charge in [0.05, 0.1) is 13.2 Å². The predicted molar refractivity (Wildman–Crippen MR) is 82.1 cm³/mol. The van der Waals surface area contributed by atoms with Crippen molar-refractivity contribution in [1.82, 2.24) is 10.3 Å². The van der Waals surface area contributed by atoms with Crippen molar-refractivity contribution in [2.45, 2.75) is 13.0 Å². The fourth-order valence-corrected chi connectivity index (χ4v) is 2.09. The molecule has 3 N–H and O–H groups in total. The molecule has 1 amide bonds. The van der Waals surface area contributed by atoms with Crippen LogP contribution in [0.15, 0.2) is 41.2 Å². The zero-order valence-electron chi connectivity index (χ0n) is 12.4. The molecule has 6 nitrogen and oxygen atoms in total. The van der Waals surface area contributed by atoms with E-state index in [4.69, 9.17) is 4.74 Å². The van der Waals surface area contributed by atoms with Crippen LogP contribution in [-0.4, -0.2) is 29.7 Å². The van der Waals surface area contributed by atoms with Crippen LogP contribution < -0.4 is 15.6 Å². The van der Waals surface area contributed by atoms with Gasteiger partial charge < -0.3 is 20.1 Å². The Morgan fingerprint density at radius 1 is 1.32 bits per heavy atom. The zero-order valence-corrected chi connectivity index (χ0v) is 12.4. The van der Waals surface area contributed by atoms with E-state index < -0.39 is 17.6 Å². The Morgan fingerprint density at radius 3 is 2.73 bits per heavy atom. The van der Waals surface area contributed by atoms with Gasteiger partial charge in [0.2, 0.25) is 0 Å². The summed E-state index contributed by atoms with van der Waals surface area (Å²) in [6.07, 6.45) is -0.926. The summed E-state index contributed by atoms with van der Waals surface area (Å²) in [6.45, 7) is 1.71. The highest BCUT2D eigenvalue weighted by Crippen LogP contribution is 2.23. The van der Waals surface area contributed by atoms with E-state index in [1.54, 1.807) is 37.3 Å². The number of pyridine rings is 1. The number of aromatic nitrogens is 1. The topological polar surface area (TPSA) is 91.4 Å². The molecule has 0 unspecified atom stereocenters. The maximum Gasteiger partial charge on any atom is 0.260 e. The van der Waals surface area contributed by atoms with Crippen LogP contribution in [-0.2, 0) is 0 Å². The van der Waals surface area contributed by atoms with Crippen molar-refractivity contribution in [2.24, 2.45) is 0 Å². The van der Waals surface area contributed by atoms with E-state index in [9.17, 15) is 14.7 Å². The normalized spacial score (nSPS) is 11.8. The molecule has 1 aromatic heterocycles. The van der Waals surface area contributed by atoms with Crippen molar-refractivity contribution in [3.63, 3.8) is 0 Å². The van der Waals surface area contributed by atoms with Crippen LogP contribution in [0.5, 0.6) is 5.75 Å². The number of benzene rings is 1. The predicted octanol–water partition coefficient (Wildman–Crippen LogP) is 1.16. The maximum atomic E-state index is 12.0. The van der Waals surface area contributed by atoms with Gasteiger partial charge in [-0.3, -0.25) is 9.59 Å². The molecule has 0 fully saturated rings. The molecule has 0 bridgehead atoms. The van der Waals surface area contributed by atoms with Gasteiger partial charge in [0.15, 0.2) is 0 Å². The van der Waals surface area contributed by atoms with E-state index in [0.717, 1.165) is 0 Å². The molecule has 0 saturated heterocycles. The van der Waals surface area contributed by atoms with Crippen molar-refractivity contribution in [3.05, 3.63) is 63.6 Å². The maximum absolute atomic E-state index is 12.0. The number of H-pyrrole nitrogens is 1. The number of ether oxygens (including phenoxy) is 1. The molecule has 0 aliphatic rings. The average molecular weight is 302 g/mol. The van der Waals surface area contributed by atoms with Crippen molar-refractivity contribution in [2.75, 3.05) is 13.7 Å². The molecule has 0 saturated carbocycles. The summed E-state index contributed by atoms with van der Waals surface area (Å²) in [5.74, 6) is 0.00706. The summed E-state index contributed by atoms with van der Waals surface area (Å²) in [7, 11) is 1.51. The highest BCUT2D eigenvalue weighted by atomic mass is 16.5. The Morgan fingerprint density at radius 2 is 2.05 bits per heavy atom. The summed E-state index contributed by atoms with van der Waals surface area (Å²) in [5, 5.41) is 12.7. The van der Waals surface area contributed by atoms with Crippen LogP contribution in [0.2, 0.25) is 0 Å². The first-order valence-corrected chi connectivity index (χ1v) is 6.82. The van der Waals surface area contributed by atoms with Gasteiger partial charge in [-0.2, -0.15) is 0 Å². The van der Waals surface area contributed by atoms with Gasteiger partial charge in [-0.05, 0) is 25.1 Å². The van der Waals surface area contributed by atoms with Crippen molar-refractivity contribution in [1.29, 1.82) is 0 Å². The number of aliphatic hydroxyl groups excluding tert-OH is 1. The van der Waals surface area contributed by atoms with Gasteiger partial charge in [-0.1, -0.05) is 18.2 Å². The molecule has 0 radical (unpaired) electrons. The molecule has 1 atom stereocenters. The van der Waals surface area contributed by atoms with E-state index in [2.05, 4.69) is 10.3 Å². The van der Waals surface area contributed by atoms with Crippen LogP contribution in [0.1, 0.15) is 27.7 Å². The van der Waals surface area contributed by atoms with Crippen molar-refractivity contribution in [3.8, 4) is 5.75 Å². The number of hydrogen-bond acceptors (Lipinski definition) is 4. The molecule has 0 spiro atoms. The second-order valence-corrected chi connectivity index (χ2v) is 4.85. The zero-order chi connectivity index (χ0) is 16.1. The number of para-hydroxylation sites is 1. The fraction of sp³-hybridized carbons (Fsp3) is 0.250. The van der Waals surface area contributed by atoms with Gasteiger partial charge in [-0.25, -0.2) is 0 Å². The highest BCUT2D eigenvalue weighted by Gasteiger charge is 2.16. The van der Waals surface area contributed by atoms with Crippen LogP contribution >= 0.6 is 0 Å². The van der Waals surface area contributed by atoms with Gasteiger partial charge in [-0.15, -0.1) is 0 Å². The quantitative estimate of drug-likeness (QED) is 0.773. The number of amides is 1. The number of carbonyl (C=O) groups is 1. The number of hydrogen-bond donors (Lipinski definition) is 3. The SMILES string of the molecule is COc1ccccc1[C@@H](O)CNC(=O)c1ccc(C)[nH]c1=O. The lowest BCUT2D eigenvalue weighted by molar-refractivity contribution is 0.0913. The molecule has 0 aliphatic carbocycles. The first-order chi connectivity index (χ1) is 10.5. The van der Waals surface area contributed by atoms with Gasteiger partial charge in [0, 0.05) is 17.8 Å². The highest BCUT2D eigenvalue weighted by molar-refractivity contribution is 5.93. The van der Waals surface area contributed by atoms with Crippen LogP contribution in [0.25, 0.3) is 0 Å². The third kappa shape index (κ3) is 3.53. The van der Waals surface area contributed by atoms with E-state index in [-0.39, 0.29) is 12.1 Å². The third-order valence-corrected chi connectivity index (χ3v) is 3.25. The van der Waals surface area contributed by atoms with Crippen LogP contribution in [0.4, 0.5) is 0 Å². The molecular formula is C16H18N2O4. The Kier molecular flexibility index (Phi) is 4.95. The smallest absolute Gasteiger partial charge is 0.260 e. The summed E-state index contributed by atoms with van der Waals surface area (Å²) in [6, 6.07) is 10.1. The molecule has 2 rings (SSSR count). The van der Waals surface area contributed by atoms with Gasteiger partial charge >= 0.3 is 0 Å². The van der Waals surface area contributed by atoms with Crippen LogP contribution in [0, 0.1) is 6.92 Å². The van der Waals surface area contributed by atoms with E-state index in [0.29, 0.717) is 17.0 Å². The van der Waals surface area contributed by atoms with E-state index in [1.807, 2.05) is 0 Å². The first kappa shape index (κ1) is 15.8. The standard InChI is InChI=1S/C16H18N2O4/c1-10-7-8-12(16(21)18-10)15(20)17-9-13(19)11-5-3-4-6-14(11)22-2/h3-8,13,19H,9H2,1-2H3,(H,17,20)(H,18,21)/t13-/m0/s1. The number of methoxy groups -OCH3 is 1. The van der Waals surface area contributed by atoms with Crippen molar-refractivity contribution < 1.29 is 14.6 Å². The molecule has 22 heavy (non-hydrogen) atoms. The molecule has 1 aromatic carbocycles. The molecule has 6 heteroatoms. The summed E-state index contributed by atoms with van der Waals surface area (Å²) in [5.41, 5.74) is 0.806. The molecule has 0 aliphatic heterocycles. The van der Waals surface area contributed by atoms with E-state index >= 15 is 0 Å². The Hall–Kier alpha value is -2.60. The average Bonchev–Trinajstić information content (AvgIpc) is 2.52. The van der Waals surface area contributed by atoms with Crippen LogP contribution in [0.3, 0.4) is 0 Å². The van der Waals surface area contributed by atoms with Gasteiger partial charge in [0.1, 0.15) is 11.3 Å². The summed E-state index contributed by atoms with van der Waals surface area (Å²) < 4.78 is 5.16. The number of aryl methyl sites for hydroxylation is 1. The largest absolute Gasteiger partial charge is 0.496 e. The third-order valence-electron chi connectivity index (χ3n) is 3.25. The summed E-state index contributed by atoms with van der Waals surface area (Å²) >= 11 is 0. The number of rotatable bonds is 5. The summed E-state index contributed by atoms with van der Waals surface area (Å²) in [4.78, 5) is 26.2. The van der Waals surface area contributed by atoms with Crippen molar-refractivity contribution >= 4 is 5.91 Å². The monoisotopic (exact) mass is 302 g/mol. The minimum atomic E-state index is -0.926. The Balaban J connectivity index is 2.06. The number of aliphatic hydroxyl groups is 1. The minimum absolute atomic E-state index is 0.0119. The molecular weight excluding hydrogens is 284 g/mol. The minimum Gasteiger partial charge on any atom is -0.496 e. The lowest BCUT2D eigenvalue weighted by atomic mass is 10.1. The number of aromatic amines is 1. The second-order valence-electron chi connectivity index (χ2n) is 4.85. The Labute approximate surface area is 127 Å². The second kappa shape index (κ2) is 6.91. The van der Waals surface area contributed by atoms with E-state index in [1.165, 1.54) is 13.2 Å².